The largest absolute Gasteiger partial charge is 0.462 e. The van der Waals surface area contributed by atoms with E-state index in [1.807, 2.05) is 6.92 Å². The first kappa shape index (κ1) is 21.1. The molecule has 0 radical (unpaired) electrons. The molecular formula is C20H22N2O5S2. The number of aryl methyl sites for hydroxylation is 2. The van der Waals surface area contributed by atoms with Crippen LogP contribution in [0.5, 0.6) is 0 Å². The lowest BCUT2D eigenvalue weighted by atomic mass is 10.1. The number of benzene rings is 2. The molecule has 3 aromatic rings. The molecule has 0 aliphatic rings. The zero-order valence-electron chi connectivity index (χ0n) is 16.4. The number of aromatic nitrogens is 1. The van der Waals surface area contributed by atoms with E-state index in [0.717, 1.165) is 23.3 Å². The van der Waals surface area contributed by atoms with Gasteiger partial charge in [-0.3, -0.25) is 14.1 Å². The molecule has 29 heavy (non-hydrogen) atoms. The minimum Gasteiger partial charge on any atom is -0.462 e. The molecule has 0 saturated heterocycles. The SMILES string of the molecule is CCCn1c(=O)sc2cc(S(=O)(=O)Nc3ccc(C(=O)OCC)cc3C)ccc21. The lowest BCUT2D eigenvalue weighted by molar-refractivity contribution is 0.0526. The summed E-state index contributed by atoms with van der Waals surface area (Å²) in [5.74, 6) is -0.457. The Morgan fingerprint density at radius 3 is 2.59 bits per heavy atom. The van der Waals surface area contributed by atoms with Gasteiger partial charge in [0, 0.05) is 6.54 Å². The van der Waals surface area contributed by atoms with Gasteiger partial charge in [0.15, 0.2) is 0 Å². The highest BCUT2D eigenvalue weighted by atomic mass is 32.2. The molecule has 0 aliphatic carbocycles. The van der Waals surface area contributed by atoms with Crippen LogP contribution in [0.25, 0.3) is 10.2 Å². The van der Waals surface area contributed by atoms with Crippen molar-refractivity contribution in [3.05, 3.63) is 57.2 Å². The van der Waals surface area contributed by atoms with Crippen LogP contribution in [-0.4, -0.2) is 25.6 Å². The Morgan fingerprint density at radius 1 is 1.17 bits per heavy atom. The zero-order chi connectivity index (χ0) is 21.2. The summed E-state index contributed by atoms with van der Waals surface area (Å²) in [7, 11) is -3.86. The Bertz CT molecular complexity index is 1230. The Hall–Kier alpha value is -2.65. The van der Waals surface area contributed by atoms with Gasteiger partial charge in [0.2, 0.25) is 0 Å². The number of sulfonamides is 1. The van der Waals surface area contributed by atoms with Gasteiger partial charge in [-0.05, 0) is 62.2 Å². The summed E-state index contributed by atoms with van der Waals surface area (Å²) in [6.07, 6.45) is 0.814. The van der Waals surface area contributed by atoms with E-state index in [2.05, 4.69) is 4.72 Å². The molecular weight excluding hydrogens is 412 g/mol. The highest BCUT2D eigenvalue weighted by molar-refractivity contribution is 7.92. The highest BCUT2D eigenvalue weighted by Gasteiger charge is 2.18. The average molecular weight is 435 g/mol. The maximum Gasteiger partial charge on any atom is 0.338 e. The smallest absolute Gasteiger partial charge is 0.338 e. The number of rotatable bonds is 7. The molecule has 9 heteroatoms. The number of thiazole rings is 1. The van der Waals surface area contributed by atoms with Crippen molar-refractivity contribution in [3.8, 4) is 0 Å². The minimum atomic E-state index is -3.86. The number of hydrogen-bond donors (Lipinski definition) is 1. The summed E-state index contributed by atoms with van der Waals surface area (Å²) in [6.45, 7) is 6.27. The number of nitrogens with zero attached hydrogens (tertiary/aromatic N) is 1. The number of carbonyl (C=O) groups is 1. The molecule has 0 amide bonds. The lowest BCUT2D eigenvalue weighted by Gasteiger charge is -2.12. The molecule has 0 unspecified atom stereocenters. The number of ether oxygens (including phenoxy) is 1. The molecule has 1 N–H and O–H groups in total. The van der Waals surface area contributed by atoms with E-state index in [0.29, 0.717) is 28.1 Å². The predicted octanol–water partition coefficient (Wildman–Crippen LogP) is 3.76. The van der Waals surface area contributed by atoms with E-state index in [-0.39, 0.29) is 16.4 Å². The molecule has 0 aliphatic heterocycles. The van der Waals surface area contributed by atoms with Crippen LogP contribution < -0.4 is 9.60 Å². The third-order valence-corrected chi connectivity index (χ3v) is 6.68. The first-order valence-corrected chi connectivity index (χ1v) is 11.5. The van der Waals surface area contributed by atoms with Crippen molar-refractivity contribution in [2.75, 3.05) is 11.3 Å². The second-order valence-corrected chi connectivity index (χ2v) is 9.18. The fourth-order valence-corrected chi connectivity index (χ4v) is 5.16. The summed E-state index contributed by atoms with van der Waals surface area (Å²) in [5, 5.41) is 0. The van der Waals surface area contributed by atoms with Crippen LogP contribution in [0.4, 0.5) is 5.69 Å². The Morgan fingerprint density at radius 2 is 1.93 bits per heavy atom. The summed E-state index contributed by atoms with van der Waals surface area (Å²) in [5.41, 5.74) is 2.06. The number of fused-ring (bicyclic) bond motifs is 1. The topological polar surface area (TPSA) is 94.5 Å². The van der Waals surface area contributed by atoms with Crippen molar-refractivity contribution >= 4 is 43.2 Å². The third kappa shape index (κ3) is 4.35. The van der Waals surface area contributed by atoms with Gasteiger partial charge < -0.3 is 4.74 Å². The quantitative estimate of drug-likeness (QED) is 0.572. The van der Waals surface area contributed by atoms with Gasteiger partial charge >= 0.3 is 10.8 Å². The molecule has 1 heterocycles. The van der Waals surface area contributed by atoms with E-state index in [1.54, 1.807) is 30.5 Å². The van der Waals surface area contributed by atoms with Crippen LogP contribution in [0.1, 0.15) is 36.2 Å². The Balaban J connectivity index is 1.91. The van der Waals surface area contributed by atoms with Gasteiger partial charge in [-0.15, -0.1) is 0 Å². The summed E-state index contributed by atoms with van der Waals surface area (Å²) in [4.78, 5) is 23.9. The number of hydrogen-bond acceptors (Lipinski definition) is 6. The molecule has 0 atom stereocenters. The van der Waals surface area contributed by atoms with Gasteiger partial charge in [-0.1, -0.05) is 18.3 Å². The molecule has 154 valence electrons. The van der Waals surface area contributed by atoms with E-state index in [4.69, 9.17) is 4.74 Å². The summed E-state index contributed by atoms with van der Waals surface area (Å²) < 4.78 is 35.5. The number of anilines is 1. The molecule has 0 spiro atoms. The van der Waals surface area contributed by atoms with Crippen molar-refractivity contribution in [2.45, 2.75) is 38.6 Å². The van der Waals surface area contributed by atoms with Crippen LogP contribution in [-0.2, 0) is 21.3 Å². The summed E-state index contributed by atoms with van der Waals surface area (Å²) in [6, 6.07) is 9.30. The highest BCUT2D eigenvalue weighted by Crippen LogP contribution is 2.25. The fraction of sp³-hybridized carbons (Fsp3) is 0.300. The van der Waals surface area contributed by atoms with Crippen molar-refractivity contribution in [1.82, 2.24) is 4.57 Å². The van der Waals surface area contributed by atoms with E-state index >= 15 is 0 Å². The maximum atomic E-state index is 12.9. The Labute approximate surface area is 173 Å². The normalized spacial score (nSPS) is 11.6. The summed E-state index contributed by atoms with van der Waals surface area (Å²) >= 11 is 1.03. The molecule has 2 aromatic carbocycles. The van der Waals surface area contributed by atoms with Crippen LogP contribution in [0.3, 0.4) is 0 Å². The van der Waals surface area contributed by atoms with Crippen LogP contribution >= 0.6 is 11.3 Å². The number of esters is 1. The number of carbonyl (C=O) groups excluding carboxylic acids is 1. The van der Waals surface area contributed by atoms with E-state index < -0.39 is 16.0 Å². The third-order valence-electron chi connectivity index (χ3n) is 4.38. The predicted molar refractivity (Wildman–Crippen MR) is 114 cm³/mol. The van der Waals surface area contributed by atoms with Crippen LogP contribution in [0.15, 0.2) is 46.1 Å². The maximum absolute atomic E-state index is 12.9. The van der Waals surface area contributed by atoms with Crippen LogP contribution in [0.2, 0.25) is 0 Å². The second-order valence-electron chi connectivity index (χ2n) is 6.50. The van der Waals surface area contributed by atoms with Gasteiger partial charge in [0.25, 0.3) is 10.0 Å². The molecule has 3 rings (SSSR count). The van der Waals surface area contributed by atoms with Gasteiger partial charge in [-0.25, -0.2) is 13.2 Å². The molecule has 1 aromatic heterocycles. The molecule has 0 bridgehead atoms. The van der Waals surface area contributed by atoms with Gasteiger partial charge in [-0.2, -0.15) is 0 Å². The van der Waals surface area contributed by atoms with Crippen molar-refractivity contribution in [3.63, 3.8) is 0 Å². The van der Waals surface area contributed by atoms with E-state index in [1.165, 1.54) is 24.3 Å². The van der Waals surface area contributed by atoms with Crippen molar-refractivity contribution in [1.29, 1.82) is 0 Å². The zero-order valence-corrected chi connectivity index (χ0v) is 18.0. The lowest BCUT2D eigenvalue weighted by Crippen LogP contribution is -2.14. The van der Waals surface area contributed by atoms with Gasteiger partial charge in [0.05, 0.1) is 33.0 Å². The molecule has 0 saturated carbocycles. The monoisotopic (exact) mass is 434 g/mol. The first-order valence-electron chi connectivity index (χ1n) is 9.20. The number of nitrogens with one attached hydrogen (secondary N) is 1. The second kappa shape index (κ2) is 8.38. The van der Waals surface area contributed by atoms with Crippen molar-refractivity contribution < 1.29 is 17.9 Å². The van der Waals surface area contributed by atoms with E-state index in [9.17, 15) is 18.0 Å². The molecule has 0 fully saturated rings. The molecule has 7 nitrogen and oxygen atoms in total. The minimum absolute atomic E-state index is 0.0729. The standard InChI is InChI=1S/C20H22N2O5S2/c1-4-10-22-17-9-7-15(12-18(17)28-20(22)24)29(25,26)21-16-8-6-14(11-13(16)3)19(23)27-5-2/h6-9,11-12,21H,4-5,10H2,1-3H3. The first-order chi connectivity index (χ1) is 13.8. The van der Waals surface area contributed by atoms with Crippen LogP contribution in [0, 0.1) is 6.92 Å². The fourth-order valence-electron chi connectivity index (χ4n) is 2.97. The van der Waals surface area contributed by atoms with Gasteiger partial charge in [0.1, 0.15) is 0 Å². The Kier molecular flexibility index (Phi) is 6.09. The van der Waals surface area contributed by atoms with Crippen molar-refractivity contribution in [2.24, 2.45) is 0 Å². The average Bonchev–Trinajstić information content (AvgIpc) is 2.98.